The first kappa shape index (κ1) is 24.2. The van der Waals surface area contributed by atoms with Crippen LogP contribution in [0.1, 0.15) is 37.7 Å². The molecular weight excluding hydrogens is 428 g/mol. The number of methoxy groups -OCH3 is 1. The maximum atomic E-state index is 12.9. The van der Waals surface area contributed by atoms with Gasteiger partial charge in [-0.25, -0.2) is 17.5 Å². The van der Waals surface area contributed by atoms with E-state index in [1.807, 2.05) is 6.07 Å². The summed E-state index contributed by atoms with van der Waals surface area (Å²) in [5.41, 5.74) is 1.40. The number of rotatable bonds is 9. The minimum Gasteiger partial charge on any atom is -0.381 e. The molecule has 0 aliphatic heterocycles. The number of hydrogen-bond acceptors (Lipinski definition) is 5. The molecule has 1 aromatic heterocycles. The van der Waals surface area contributed by atoms with Crippen molar-refractivity contribution < 1.29 is 17.9 Å². The van der Waals surface area contributed by atoms with Gasteiger partial charge in [0.15, 0.2) is 0 Å². The highest BCUT2D eigenvalue weighted by Gasteiger charge is 2.25. The molecule has 3 rings (SSSR count). The summed E-state index contributed by atoms with van der Waals surface area (Å²) in [7, 11) is -0.226. The average molecular weight is 461 g/mol. The van der Waals surface area contributed by atoms with Gasteiger partial charge in [0, 0.05) is 45.3 Å². The zero-order chi connectivity index (χ0) is 23.0. The molecule has 32 heavy (non-hydrogen) atoms. The molecule has 0 bridgehead atoms. The molecule has 1 aliphatic carbocycles. The molecule has 2 N–H and O–H groups in total. The van der Waals surface area contributed by atoms with Crippen LogP contribution in [0, 0.1) is 5.92 Å². The van der Waals surface area contributed by atoms with Crippen molar-refractivity contribution in [2.45, 2.75) is 49.6 Å². The Morgan fingerprint density at radius 2 is 2.00 bits per heavy atom. The predicted molar refractivity (Wildman–Crippen MR) is 124 cm³/mol. The fourth-order valence-corrected chi connectivity index (χ4v) is 5.14. The van der Waals surface area contributed by atoms with Crippen molar-refractivity contribution in [1.29, 1.82) is 0 Å². The molecule has 1 saturated carbocycles. The number of anilines is 1. The Bertz CT molecular complexity index is 967. The summed E-state index contributed by atoms with van der Waals surface area (Å²) in [6, 6.07) is 9.52. The summed E-state index contributed by atoms with van der Waals surface area (Å²) < 4.78 is 32.7. The van der Waals surface area contributed by atoms with Gasteiger partial charge in [-0.3, -0.25) is 4.98 Å². The SMILES string of the molecule is COC1CCCC(CCN(C)S(=O)(=O)c2ccc(NC(=O)NCc3cccnc3)cc2)C1. The number of ether oxygens (including phenoxy) is 1. The average Bonchev–Trinajstić information content (AvgIpc) is 2.82. The maximum absolute atomic E-state index is 12.9. The van der Waals surface area contributed by atoms with Crippen molar-refractivity contribution in [2.75, 3.05) is 26.0 Å². The number of pyridine rings is 1. The number of urea groups is 1. The Balaban J connectivity index is 1.50. The van der Waals surface area contributed by atoms with Gasteiger partial charge < -0.3 is 15.4 Å². The van der Waals surface area contributed by atoms with Gasteiger partial charge in [0.25, 0.3) is 0 Å². The molecule has 1 aliphatic rings. The van der Waals surface area contributed by atoms with Crippen LogP contribution in [0.3, 0.4) is 0 Å². The van der Waals surface area contributed by atoms with Crippen LogP contribution in [0.25, 0.3) is 0 Å². The van der Waals surface area contributed by atoms with Crippen LogP contribution in [0.4, 0.5) is 10.5 Å². The van der Waals surface area contributed by atoms with E-state index in [2.05, 4.69) is 15.6 Å². The van der Waals surface area contributed by atoms with Crippen LogP contribution in [0.5, 0.6) is 0 Å². The summed E-state index contributed by atoms with van der Waals surface area (Å²) in [6.07, 6.45) is 8.80. The molecule has 0 spiro atoms. The summed E-state index contributed by atoms with van der Waals surface area (Å²) in [4.78, 5) is 16.3. The van der Waals surface area contributed by atoms with E-state index in [0.29, 0.717) is 24.7 Å². The molecular formula is C23H32N4O4S. The molecule has 2 atom stereocenters. The fraction of sp³-hybridized carbons (Fsp3) is 0.478. The highest BCUT2D eigenvalue weighted by atomic mass is 32.2. The summed E-state index contributed by atoms with van der Waals surface area (Å²) >= 11 is 0. The van der Waals surface area contributed by atoms with Crippen molar-refractivity contribution in [2.24, 2.45) is 5.92 Å². The number of benzene rings is 1. The highest BCUT2D eigenvalue weighted by Crippen LogP contribution is 2.29. The number of sulfonamides is 1. The zero-order valence-electron chi connectivity index (χ0n) is 18.7. The third-order valence-electron chi connectivity index (χ3n) is 5.92. The number of carbonyl (C=O) groups is 1. The highest BCUT2D eigenvalue weighted by molar-refractivity contribution is 7.89. The first-order valence-electron chi connectivity index (χ1n) is 10.9. The number of carbonyl (C=O) groups excluding carboxylic acids is 1. The number of hydrogen-bond donors (Lipinski definition) is 2. The van der Waals surface area contributed by atoms with Gasteiger partial charge in [0.1, 0.15) is 0 Å². The van der Waals surface area contributed by atoms with E-state index in [9.17, 15) is 13.2 Å². The summed E-state index contributed by atoms with van der Waals surface area (Å²) in [6.45, 7) is 0.823. The smallest absolute Gasteiger partial charge is 0.319 e. The lowest BCUT2D eigenvalue weighted by atomic mass is 9.85. The van der Waals surface area contributed by atoms with Gasteiger partial charge in [0.2, 0.25) is 10.0 Å². The topological polar surface area (TPSA) is 101 Å². The molecule has 174 valence electrons. The Labute approximate surface area is 190 Å². The van der Waals surface area contributed by atoms with Crippen LogP contribution in [-0.4, -0.2) is 50.5 Å². The second-order valence-electron chi connectivity index (χ2n) is 8.20. The van der Waals surface area contributed by atoms with E-state index in [1.165, 1.54) is 16.4 Å². The molecule has 2 aromatic rings. The van der Waals surface area contributed by atoms with Gasteiger partial charge in [-0.2, -0.15) is 0 Å². The molecule has 8 nitrogen and oxygen atoms in total. The van der Waals surface area contributed by atoms with Gasteiger partial charge in [-0.15, -0.1) is 0 Å². The number of nitrogens with zero attached hydrogens (tertiary/aromatic N) is 2. The van der Waals surface area contributed by atoms with E-state index in [-0.39, 0.29) is 17.0 Å². The van der Waals surface area contributed by atoms with Crippen LogP contribution >= 0.6 is 0 Å². The Morgan fingerprint density at radius 3 is 2.69 bits per heavy atom. The molecule has 1 fully saturated rings. The summed E-state index contributed by atoms with van der Waals surface area (Å²) in [5, 5.41) is 5.45. The molecule has 0 saturated heterocycles. The van der Waals surface area contributed by atoms with Crippen molar-refractivity contribution >= 4 is 21.7 Å². The van der Waals surface area contributed by atoms with Gasteiger partial charge in [0.05, 0.1) is 11.0 Å². The second-order valence-corrected chi connectivity index (χ2v) is 10.2. The van der Waals surface area contributed by atoms with E-state index >= 15 is 0 Å². The molecule has 0 radical (unpaired) electrons. The van der Waals surface area contributed by atoms with Crippen LogP contribution < -0.4 is 10.6 Å². The first-order chi connectivity index (χ1) is 15.4. The van der Waals surface area contributed by atoms with Gasteiger partial charge in [-0.05, 0) is 61.1 Å². The largest absolute Gasteiger partial charge is 0.381 e. The number of aromatic nitrogens is 1. The minimum atomic E-state index is -3.58. The molecule has 1 heterocycles. The Hall–Kier alpha value is -2.49. The van der Waals surface area contributed by atoms with Gasteiger partial charge >= 0.3 is 6.03 Å². The third-order valence-corrected chi connectivity index (χ3v) is 7.79. The molecule has 1 aromatic carbocycles. The van der Waals surface area contributed by atoms with Crippen molar-refractivity contribution in [3.63, 3.8) is 0 Å². The predicted octanol–water partition coefficient (Wildman–Crippen LogP) is 3.62. The fourth-order valence-electron chi connectivity index (χ4n) is 3.95. The van der Waals surface area contributed by atoms with Crippen molar-refractivity contribution in [1.82, 2.24) is 14.6 Å². The second kappa shape index (κ2) is 11.4. The lowest BCUT2D eigenvalue weighted by Gasteiger charge is -2.29. The van der Waals surface area contributed by atoms with E-state index < -0.39 is 10.0 Å². The minimum absolute atomic E-state index is 0.208. The van der Waals surface area contributed by atoms with E-state index in [1.54, 1.807) is 44.8 Å². The van der Waals surface area contributed by atoms with E-state index in [4.69, 9.17) is 4.74 Å². The molecule has 9 heteroatoms. The van der Waals surface area contributed by atoms with Crippen LogP contribution in [0.2, 0.25) is 0 Å². The Morgan fingerprint density at radius 1 is 1.22 bits per heavy atom. The summed E-state index contributed by atoms with van der Waals surface area (Å²) in [5.74, 6) is 0.489. The normalized spacial score (nSPS) is 19.0. The third kappa shape index (κ3) is 6.75. The zero-order valence-corrected chi connectivity index (χ0v) is 19.5. The lowest BCUT2D eigenvalue weighted by molar-refractivity contribution is 0.0483. The molecule has 2 amide bonds. The first-order valence-corrected chi connectivity index (χ1v) is 12.4. The van der Waals surface area contributed by atoms with E-state index in [0.717, 1.165) is 37.7 Å². The number of amides is 2. The maximum Gasteiger partial charge on any atom is 0.319 e. The molecule has 2 unspecified atom stereocenters. The van der Waals surface area contributed by atoms with Crippen molar-refractivity contribution in [3.8, 4) is 0 Å². The number of nitrogens with one attached hydrogen (secondary N) is 2. The Kier molecular flexibility index (Phi) is 8.60. The van der Waals surface area contributed by atoms with Crippen molar-refractivity contribution in [3.05, 3.63) is 54.4 Å². The lowest BCUT2D eigenvalue weighted by Crippen LogP contribution is -2.31. The van der Waals surface area contributed by atoms with Crippen LogP contribution in [-0.2, 0) is 21.3 Å². The standard InChI is InChI=1S/C23H32N4O4S/c1-27(14-12-18-5-3-7-21(15-18)31-2)32(29,30)22-10-8-20(9-11-22)26-23(28)25-17-19-6-4-13-24-16-19/h4,6,8-11,13,16,18,21H,3,5,7,12,14-15,17H2,1-2H3,(H2,25,26,28). The monoisotopic (exact) mass is 460 g/mol. The quantitative estimate of drug-likeness (QED) is 0.595. The van der Waals surface area contributed by atoms with Gasteiger partial charge in [-0.1, -0.05) is 18.9 Å². The van der Waals surface area contributed by atoms with Crippen LogP contribution in [0.15, 0.2) is 53.7 Å².